The summed E-state index contributed by atoms with van der Waals surface area (Å²) in [7, 11) is -3.20. The quantitative estimate of drug-likeness (QED) is 0.0292. The minimum atomic E-state index is -4.26. The first kappa shape index (κ1) is 48.3. The van der Waals surface area contributed by atoms with Crippen LogP contribution in [0.2, 0.25) is 0 Å². The third-order valence-electron chi connectivity index (χ3n) is 8.61. The van der Waals surface area contributed by atoms with Gasteiger partial charge in [0.15, 0.2) is 6.10 Å². The third kappa shape index (κ3) is 36.1. The van der Waals surface area contributed by atoms with Crippen molar-refractivity contribution in [1.29, 1.82) is 0 Å². The standard InChI is InChI=1S/C41H75O8P/c1-4-6-8-10-12-14-16-18-19-20-21-22-24-26-28-30-32-34-36-41(43)49-39(38-48-50(44,45)46-3)37-47-40(42)35-33-31-29-27-25-23-17-15-13-11-9-7-5-2/h14-17,19-20,39H,4-13,18,21-38H2,1-3H3,(H,44,45)/b16-14-,17-15-,20-19-. The lowest BCUT2D eigenvalue weighted by Gasteiger charge is -2.19. The van der Waals surface area contributed by atoms with Gasteiger partial charge < -0.3 is 14.4 Å². The molecule has 0 aliphatic heterocycles. The van der Waals surface area contributed by atoms with Crippen LogP contribution in [0.4, 0.5) is 0 Å². The zero-order chi connectivity index (χ0) is 36.8. The smallest absolute Gasteiger partial charge is 0.462 e. The van der Waals surface area contributed by atoms with Gasteiger partial charge >= 0.3 is 19.8 Å². The molecule has 9 heteroatoms. The molecule has 0 saturated carbocycles. The molecule has 0 saturated heterocycles. The highest BCUT2D eigenvalue weighted by Crippen LogP contribution is 2.42. The lowest BCUT2D eigenvalue weighted by atomic mass is 10.1. The number of ether oxygens (including phenoxy) is 2. The molecule has 0 fully saturated rings. The monoisotopic (exact) mass is 727 g/mol. The van der Waals surface area contributed by atoms with Crippen LogP contribution in [0.1, 0.15) is 187 Å². The van der Waals surface area contributed by atoms with Crippen LogP contribution in [-0.2, 0) is 32.7 Å². The van der Waals surface area contributed by atoms with Crippen molar-refractivity contribution in [3.05, 3.63) is 36.5 Å². The van der Waals surface area contributed by atoms with Gasteiger partial charge in [-0.2, -0.15) is 0 Å². The van der Waals surface area contributed by atoms with Crippen molar-refractivity contribution in [1.82, 2.24) is 0 Å². The van der Waals surface area contributed by atoms with Crippen LogP contribution in [0, 0.1) is 0 Å². The molecule has 0 heterocycles. The number of hydrogen-bond donors (Lipinski definition) is 1. The molecule has 292 valence electrons. The summed E-state index contributed by atoms with van der Waals surface area (Å²) in [5, 5.41) is 0. The number of hydrogen-bond acceptors (Lipinski definition) is 7. The van der Waals surface area contributed by atoms with Crippen molar-refractivity contribution in [3.8, 4) is 0 Å². The van der Waals surface area contributed by atoms with E-state index in [9.17, 15) is 19.0 Å². The first-order valence-corrected chi connectivity index (χ1v) is 21.7. The molecule has 2 unspecified atom stereocenters. The number of phosphoric ester groups is 1. The maximum atomic E-state index is 12.5. The van der Waals surface area contributed by atoms with Gasteiger partial charge in [0.2, 0.25) is 0 Å². The fraction of sp³-hybridized carbons (Fsp3) is 0.805. The fourth-order valence-corrected chi connectivity index (χ4v) is 5.91. The van der Waals surface area contributed by atoms with Crippen molar-refractivity contribution in [2.45, 2.75) is 193 Å². The Kier molecular flexibility index (Phi) is 35.8. The van der Waals surface area contributed by atoms with Crippen LogP contribution in [0.25, 0.3) is 0 Å². The molecule has 0 spiro atoms. The second-order valence-electron chi connectivity index (χ2n) is 13.4. The molecule has 8 nitrogen and oxygen atoms in total. The molecule has 0 rings (SSSR count). The lowest BCUT2D eigenvalue weighted by Crippen LogP contribution is -2.29. The summed E-state index contributed by atoms with van der Waals surface area (Å²) in [5.74, 6) is -0.822. The number of esters is 2. The summed E-state index contributed by atoms with van der Waals surface area (Å²) < 4.78 is 31.9. The second kappa shape index (κ2) is 37.0. The predicted molar refractivity (Wildman–Crippen MR) is 207 cm³/mol. The van der Waals surface area contributed by atoms with E-state index in [1.807, 2.05) is 0 Å². The van der Waals surface area contributed by atoms with E-state index < -0.39 is 26.5 Å². The average Bonchev–Trinajstić information content (AvgIpc) is 3.10. The SMILES string of the molecule is CCCCCC/C=C\C/C=C\CCCCCCCCCC(=O)OC(COC(=O)CCCCCCC/C=C\CCCCCC)COP(=O)(O)OC. The summed E-state index contributed by atoms with van der Waals surface area (Å²) >= 11 is 0. The van der Waals surface area contributed by atoms with Gasteiger partial charge in [0.05, 0.1) is 6.61 Å². The summed E-state index contributed by atoms with van der Waals surface area (Å²) in [4.78, 5) is 34.4. The maximum absolute atomic E-state index is 12.5. The number of allylic oxidation sites excluding steroid dienone is 6. The van der Waals surface area contributed by atoms with Gasteiger partial charge in [0, 0.05) is 20.0 Å². The van der Waals surface area contributed by atoms with Gasteiger partial charge in [-0.3, -0.25) is 18.6 Å². The van der Waals surface area contributed by atoms with Gasteiger partial charge in [0.25, 0.3) is 0 Å². The van der Waals surface area contributed by atoms with Crippen LogP contribution >= 0.6 is 7.82 Å². The molecular weight excluding hydrogens is 651 g/mol. The molecule has 50 heavy (non-hydrogen) atoms. The largest absolute Gasteiger partial charge is 0.472 e. The highest BCUT2D eigenvalue weighted by molar-refractivity contribution is 7.47. The topological polar surface area (TPSA) is 108 Å². The minimum absolute atomic E-state index is 0.232. The van der Waals surface area contributed by atoms with Crippen LogP contribution in [0.3, 0.4) is 0 Å². The Balaban J connectivity index is 4.05. The lowest BCUT2D eigenvalue weighted by molar-refractivity contribution is -0.161. The van der Waals surface area contributed by atoms with E-state index in [1.165, 1.54) is 83.5 Å². The summed E-state index contributed by atoms with van der Waals surface area (Å²) in [5.41, 5.74) is 0. The number of phosphoric acid groups is 1. The molecule has 0 aromatic rings. The van der Waals surface area contributed by atoms with Gasteiger partial charge in [0.1, 0.15) is 6.61 Å². The van der Waals surface area contributed by atoms with E-state index in [4.69, 9.17) is 14.0 Å². The molecule has 0 radical (unpaired) electrons. The van der Waals surface area contributed by atoms with Crippen molar-refractivity contribution in [2.24, 2.45) is 0 Å². The summed E-state index contributed by atoms with van der Waals surface area (Å²) in [6.45, 7) is 3.84. The predicted octanol–water partition coefficient (Wildman–Crippen LogP) is 12.4. The Morgan fingerprint density at radius 2 is 0.960 bits per heavy atom. The van der Waals surface area contributed by atoms with E-state index in [0.717, 1.165) is 77.7 Å². The van der Waals surface area contributed by atoms with E-state index in [0.29, 0.717) is 6.42 Å². The molecule has 0 aliphatic rings. The molecule has 0 aromatic heterocycles. The molecule has 0 bridgehead atoms. The molecule has 1 N–H and O–H groups in total. The molecule has 2 atom stereocenters. The van der Waals surface area contributed by atoms with E-state index >= 15 is 0 Å². The summed E-state index contributed by atoms with van der Waals surface area (Å²) in [6, 6.07) is 0. The molecule has 0 aliphatic carbocycles. The van der Waals surface area contributed by atoms with Crippen LogP contribution in [0.15, 0.2) is 36.5 Å². The van der Waals surface area contributed by atoms with E-state index in [1.54, 1.807) is 0 Å². The third-order valence-corrected chi connectivity index (χ3v) is 9.54. The first-order chi connectivity index (χ1) is 24.3. The zero-order valence-corrected chi connectivity index (χ0v) is 33.2. The van der Waals surface area contributed by atoms with Crippen molar-refractivity contribution < 1.29 is 37.6 Å². The Bertz CT molecular complexity index is 916. The van der Waals surface area contributed by atoms with E-state index in [-0.39, 0.29) is 25.4 Å². The van der Waals surface area contributed by atoms with Crippen LogP contribution in [0.5, 0.6) is 0 Å². The number of carbonyl (C=O) groups excluding carboxylic acids is 2. The zero-order valence-electron chi connectivity index (χ0n) is 32.3. The Labute approximate surface area is 306 Å². The Morgan fingerprint density at radius 1 is 0.560 bits per heavy atom. The van der Waals surface area contributed by atoms with Gasteiger partial charge in [-0.1, -0.05) is 140 Å². The van der Waals surface area contributed by atoms with Crippen LogP contribution < -0.4 is 0 Å². The van der Waals surface area contributed by atoms with Crippen molar-refractivity contribution in [3.63, 3.8) is 0 Å². The number of unbranched alkanes of at least 4 members (excludes halogenated alkanes) is 20. The van der Waals surface area contributed by atoms with Crippen molar-refractivity contribution >= 4 is 19.8 Å². The van der Waals surface area contributed by atoms with Crippen molar-refractivity contribution in [2.75, 3.05) is 20.3 Å². The van der Waals surface area contributed by atoms with Gasteiger partial charge in [-0.25, -0.2) is 4.57 Å². The van der Waals surface area contributed by atoms with Crippen LogP contribution in [-0.4, -0.2) is 43.3 Å². The molecule has 0 amide bonds. The Hall–Kier alpha value is -1.73. The normalized spacial score (nSPS) is 13.8. The molecule has 0 aromatic carbocycles. The highest BCUT2D eigenvalue weighted by Gasteiger charge is 2.24. The van der Waals surface area contributed by atoms with Gasteiger partial charge in [-0.15, -0.1) is 0 Å². The number of carbonyl (C=O) groups is 2. The average molecular weight is 727 g/mol. The van der Waals surface area contributed by atoms with Gasteiger partial charge in [-0.05, 0) is 70.6 Å². The fourth-order valence-electron chi connectivity index (χ4n) is 5.45. The maximum Gasteiger partial charge on any atom is 0.472 e. The molecular formula is C41H75O8P. The first-order valence-electron chi connectivity index (χ1n) is 20.2. The summed E-state index contributed by atoms with van der Waals surface area (Å²) in [6.07, 6.45) is 41.9. The van der Waals surface area contributed by atoms with E-state index in [2.05, 4.69) is 54.8 Å². The Morgan fingerprint density at radius 3 is 1.42 bits per heavy atom. The minimum Gasteiger partial charge on any atom is -0.462 e. The highest BCUT2D eigenvalue weighted by atomic mass is 31.2. The second-order valence-corrected chi connectivity index (χ2v) is 15.0. The number of rotatable bonds is 37.